The number of imidazole rings is 1. The molecule has 0 unspecified atom stereocenters. The first-order valence-corrected chi connectivity index (χ1v) is 8.97. The Bertz CT molecular complexity index is 867. The minimum absolute atomic E-state index is 0.0402. The Morgan fingerprint density at radius 2 is 1.64 bits per heavy atom. The molecule has 0 aliphatic carbocycles. The lowest BCUT2D eigenvalue weighted by molar-refractivity contribution is 0.302. The van der Waals surface area contributed by atoms with Crippen molar-refractivity contribution in [2.75, 3.05) is 5.32 Å². The number of rotatable bonds is 4. The van der Waals surface area contributed by atoms with Crippen LogP contribution < -0.4 is 5.32 Å². The molecule has 3 aromatic rings. The standard InChI is InChI=1S/C22H29N3/c1-16-12-13-18-23-19(17-10-8-7-9-11-17)20(25(18)14-16)24-22(5,6)15-21(2,3)4/h7-14,24H,15H2,1-6H3. The van der Waals surface area contributed by atoms with Crippen LogP contribution in [0.2, 0.25) is 0 Å². The van der Waals surface area contributed by atoms with Crippen LogP contribution in [-0.2, 0) is 0 Å². The predicted octanol–water partition coefficient (Wildman–Crippen LogP) is 5.94. The van der Waals surface area contributed by atoms with E-state index in [1.165, 1.54) is 5.56 Å². The Morgan fingerprint density at radius 3 is 2.28 bits per heavy atom. The lowest BCUT2D eigenvalue weighted by atomic mass is 9.82. The molecule has 0 aliphatic heterocycles. The highest BCUT2D eigenvalue weighted by Crippen LogP contribution is 2.34. The third kappa shape index (κ3) is 4.04. The summed E-state index contributed by atoms with van der Waals surface area (Å²) in [5, 5.41) is 3.79. The summed E-state index contributed by atoms with van der Waals surface area (Å²) in [4.78, 5) is 4.91. The van der Waals surface area contributed by atoms with Gasteiger partial charge in [0, 0.05) is 17.3 Å². The molecule has 0 saturated heterocycles. The van der Waals surface area contributed by atoms with E-state index >= 15 is 0 Å². The predicted molar refractivity (Wildman–Crippen MR) is 107 cm³/mol. The molecule has 0 spiro atoms. The summed E-state index contributed by atoms with van der Waals surface area (Å²) in [7, 11) is 0. The lowest BCUT2D eigenvalue weighted by Gasteiger charge is -2.34. The fraction of sp³-hybridized carbons (Fsp3) is 0.409. The van der Waals surface area contributed by atoms with Crippen molar-refractivity contribution in [3.63, 3.8) is 0 Å². The molecule has 0 aliphatic rings. The van der Waals surface area contributed by atoms with Gasteiger partial charge in [-0.05, 0) is 44.2 Å². The van der Waals surface area contributed by atoms with Crippen molar-refractivity contribution in [1.82, 2.24) is 9.38 Å². The van der Waals surface area contributed by atoms with Crippen LogP contribution in [0.3, 0.4) is 0 Å². The fourth-order valence-corrected chi connectivity index (χ4v) is 3.76. The van der Waals surface area contributed by atoms with Crippen LogP contribution in [0.1, 0.15) is 46.6 Å². The van der Waals surface area contributed by atoms with Gasteiger partial charge >= 0.3 is 0 Å². The Morgan fingerprint density at radius 1 is 0.960 bits per heavy atom. The summed E-state index contributed by atoms with van der Waals surface area (Å²) in [5.41, 5.74) is 4.55. The summed E-state index contributed by atoms with van der Waals surface area (Å²) in [6, 6.07) is 14.6. The van der Waals surface area contributed by atoms with Crippen LogP contribution in [0.5, 0.6) is 0 Å². The first kappa shape index (κ1) is 17.5. The SMILES string of the molecule is Cc1ccc2nc(-c3ccccc3)c(NC(C)(C)CC(C)(C)C)n2c1. The van der Waals surface area contributed by atoms with E-state index in [9.17, 15) is 0 Å². The number of aryl methyl sites for hydroxylation is 1. The van der Waals surface area contributed by atoms with Crippen molar-refractivity contribution in [2.45, 2.75) is 53.5 Å². The summed E-state index contributed by atoms with van der Waals surface area (Å²) in [5.74, 6) is 1.07. The largest absolute Gasteiger partial charge is 0.364 e. The van der Waals surface area contributed by atoms with Gasteiger partial charge in [0.25, 0.3) is 0 Å². The van der Waals surface area contributed by atoms with Crippen molar-refractivity contribution in [1.29, 1.82) is 0 Å². The van der Waals surface area contributed by atoms with Crippen LogP contribution >= 0.6 is 0 Å². The minimum Gasteiger partial charge on any atom is -0.364 e. The maximum atomic E-state index is 4.91. The van der Waals surface area contributed by atoms with Crippen molar-refractivity contribution in [2.24, 2.45) is 5.41 Å². The van der Waals surface area contributed by atoms with E-state index in [4.69, 9.17) is 4.98 Å². The van der Waals surface area contributed by atoms with Crippen molar-refractivity contribution in [3.05, 3.63) is 54.2 Å². The smallest absolute Gasteiger partial charge is 0.139 e. The number of anilines is 1. The van der Waals surface area contributed by atoms with E-state index in [-0.39, 0.29) is 11.0 Å². The quantitative estimate of drug-likeness (QED) is 0.639. The van der Waals surface area contributed by atoms with E-state index in [1.54, 1.807) is 0 Å². The van der Waals surface area contributed by atoms with Gasteiger partial charge in [0.15, 0.2) is 0 Å². The molecule has 132 valence electrons. The second kappa shape index (κ2) is 6.21. The van der Waals surface area contributed by atoms with E-state index in [0.29, 0.717) is 0 Å². The maximum absolute atomic E-state index is 4.91. The number of hydrogen-bond acceptors (Lipinski definition) is 2. The van der Waals surface area contributed by atoms with Crippen molar-refractivity contribution < 1.29 is 0 Å². The molecule has 3 rings (SSSR count). The number of hydrogen-bond donors (Lipinski definition) is 1. The van der Waals surface area contributed by atoms with Gasteiger partial charge in [-0.1, -0.05) is 57.2 Å². The van der Waals surface area contributed by atoms with E-state index in [2.05, 4.69) is 93.9 Å². The first-order valence-electron chi connectivity index (χ1n) is 8.97. The number of pyridine rings is 1. The molecule has 0 fully saturated rings. The van der Waals surface area contributed by atoms with Gasteiger partial charge in [-0.3, -0.25) is 4.40 Å². The zero-order valence-corrected chi connectivity index (χ0v) is 16.2. The average molecular weight is 335 g/mol. The van der Waals surface area contributed by atoms with Crippen LogP contribution in [-0.4, -0.2) is 14.9 Å². The molecule has 1 N–H and O–H groups in total. The van der Waals surface area contributed by atoms with Gasteiger partial charge in [0.05, 0.1) is 0 Å². The second-order valence-corrected chi connectivity index (χ2v) is 8.86. The van der Waals surface area contributed by atoms with Gasteiger partial charge in [-0.25, -0.2) is 4.98 Å². The molecule has 0 radical (unpaired) electrons. The molecular weight excluding hydrogens is 306 g/mol. The molecule has 0 saturated carbocycles. The summed E-state index contributed by atoms with van der Waals surface area (Å²) >= 11 is 0. The maximum Gasteiger partial charge on any atom is 0.139 e. The Balaban J connectivity index is 2.13. The van der Waals surface area contributed by atoms with Gasteiger partial charge in [0.2, 0.25) is 0 Å². The van der Waals surface area contributed by atoms with E-state index in [0.717, 1.165) is 29.1 Å². The highest BCUT2D eigenvalue weighted by molar-refractivity contribution is 5.77. The molecule has 1 aromatic carbocycles. The molecule has 2 aromatic heterocycles. The molecule has 2 heterocycles. The highest BCUT2D eigenvalue weighted by Gasteiger charge is 2.28. The van der Waals surface area contributed by atoms with Crippen molar-refractivity contribution >= 4 is 11.5 Å². The topological polar surface area (TPSA) is 29.3 Å². The average Bonchev–Trinajstić information content (AvgIpc) is 2.83. The van der Waals surface area contributed by atoms with E-state index in [1.807, 2.05) is 6.07 Å². The summed E-state index contributed by atoms with van der Waals surface area (Å²) < 4.78 is 2.18. The molecule has 25 heavy (non-hydrogen) atoms. The first-order chi connectivity index (χ1) is 11.6. The van der Waals surface area contributed by atoms with Crippen LogP contribution in [0, 0.1) is 12.3 Å². The van der Waals surface area contributed by atoms with Gasteiger partial charge in [-0.2, -0.15) is 0 Å². The van der Waals surface area contributed by atoms with E-state index < -0.39 is 0 Å². The number of fused-ring (bicyclic) bond motifs is 1. The van der Waals surface area contributed by atoms with Crippen LogP contribution in [0.4, 0.5) is 5.82 Å². The number of nitrogens with zero attached hydrogens (tertiary/aromatic N) is 2. The monoisotopic (exact) mass is 335 g/mol. The Kier molecular flexibility index (Phi) is 4.36. The highest BCUT2D eigenvalue weighted by atomic mass is 15.2. The van der Waals surface area contributed by atoms with Gasteiger partial charge in [-0.15, -0.1) is 0 Å². The molecular formula is C22H29N3. The van der Waals surface area contributed by atoms with Gasteiger partial charge < -0.3 is 5.32 Å². The third-order valence-electron chi connectivity index (χ3n) is 4.24. The van der Waals surface area contributed by atoms with Gasteiger partial charge in [0.1, 0.15) is 17.2 Å². The zero-order chi connectivity index (χ0) is 18.2. The Labute approximate surface area is 151 Å². The molecule has 3 heteroatoms. The van der Waals surface area contributed by atoms with Crippen LogP contribution in [0.15, 0.2) is 48.7 Å². The summed E-state index contributed by atoms with van der Waals surface area (Å²) in [6.45, 7) is 13.5. The van der Waals surface area contributed by atoms with Crippen molar-refractivity contribution in [3.8, 4) is 11.3 Å². The normalized spacial score (nSPS) is 12.6. The molecule has 0 bridgehead atoms. The fourth-order valence-electron chi connectivity index (χ4n) is 3.76. The molecule has 0 atom stereocenters. The number of benzene rings is 1. The van der Waals surface area contributed by atoms with Crippen LogP contribution in [0.25, 0.3) is 16.9 Å². The second-order valence-electron chi connectivity index (χ2n) is 8.86. The molecule has 3 nitrogen and oxygen atoms in total. The Hall–Kier alpha value is -2.29. The third-order valence-corrected chi connectivity index (χ3v) is 4.24. The minimum atomic E-state index is -0.0402. The number of aromatic nitrogens is 2. The molecule has 0 amide bonds. The zero-order valence-electron chi connectivity index (χ0n) is 16.2. The lowest BCUT2D eigenvalue weighted by Crippen LogP contribution is -2.36. The summed E-state index contributed by atoms with van der Waals surface area (Å²) in [6.07, 6.45) is 3.22. The number of nitrogens with one attached hydrogen (secondary N) is 1.